The first kappa shape index (κ1) is 7.95. The van der Waals surface area contributed by atoms with E-state index < -0.39 is 0 Å². The molecule has 2 nitrogen and oxygen atoms in total. The van der Waals surface area contributed by atoms with Crippen LogP contribution in [0.2, 0.25) is 0 Å². The summed E-state index contributed by atoms with van der Waals surface area (Å²) in [6.45, 7) is 6.41. The maximum atomic E-state index is 5.21. The van der Waals surface area contributed by atoms with Gasteiger partial charge < -0.3 is 0 Å². The molecule has 0 radical (unpaired) electrons. The molecule has 0 saturated carbocycles. The van der Waals surface area contributed by atoms with Crippen molar-refractivity contribution in [3.05, 3.63) is 11.4 Å². The van der Waals surface area contributed by atoms with Gasteiger partial charge in [0.15, 0.2) is 0 Å². The molecular formula is C7H13NOS. The van der Waals surface area contributed by atoms with Crippen molar-refractivity contribution < 1.29 is 4.28 Å². The third-order valence-corrected chi connectivity index (χ3v) is 1.84. The summed E-state index contributed by atoms with van der Waals surface area (Å²) >= 11 is 1.38. The molecule has 0 amide bonds. The molecule has 0 N–H and O–H groups in total. The van der Waals surface area contributed by atoms with Crippen molar-refractivity contribution in [1.82, 2.24) is 5.06 Å². The minimum absolute atomic E-state index is 0.590. The van der Waals surface area contributed by atoms with Crippen LogP contribution in [0.4, 0.5) is 0 Å². The molecule has 1 aliphatic rings. The molecule has 1 rings (SSSR count). The Bertz CT molecular complexity index is 165. The van der Waals surface area contributed by atoms with E-state index in [9.17, 15) is 0 Å². The Morgan fingerprint density at radius 1 is 1.50 bits per heavy atom. The maximum Gasteiger partial charge on any atom is 0.0720 e. The fourth-order valence-corrected chi connectivity index (χ4v) is 1.41. The molecule has 0 bridgehead atoms. The third kappa shape index (κ3) is 1.30. The summed E-state index contributed by atoms with van der Waals surface area (Å²) in [6, 6.07) is 0. The van der Waals surface area contributed by atoms with Gasteiger partial charge in [0.1, 0.15) is 0 Å². The van der Waals surface area contributed by atoms with Crippen LogP contribution in [0.5, 0.6) is 0 Å². The van der Waals surface area contributed by atoms with Gasteiger partial charge >= 0.3 is 0 Å². The van der Waals surface area contributed by atoms with Crippen LogP contribution in [0, 0.1) is 5.92 Å². The smallest absolute Gasteiger partial charge is 0.0720 e. The Labute approximate surface area is 66.4 Å². The molecule has 10 heavy (non-hydrogen) atoms. The molecule has 0 aromatic carbocycles. The van der Waals surface area contributed by atoms with Gasteiger partial charge in [0.05, 0.1) is 11.4 Å². The van der Waals surface area contributed by atoms with Gasteiger partial charge in [-0.05, 0) is 12.8 Å². The van der Waals surface area contributed by atoms with Crippen molar-refractivity contribution in [3.8, 4) is 0 Å². The average molecular weight is 159 g/mol. The lowest BCUT2D eigenvalue weighted by Crippen LogP contribution is -1.99. The molecule has 0 fully saturated rings. The normalized spacial score (nSPS) is 17.1. The van der Waals surface area contributed by atoms with E-state index in [2.05, 4.69) is 20.8 Å². The average Bonchev–Trinajstić information content (AvgIpc) is 2.43. The Kier molecular flexibility index (Phi) is 2.26. The van der Waals surface area contributed by atoms with Gasteiger partial charge in [0.2, 0.25) is 0 Å². The van der Waals surface area contributed by atoms with Crippen molar-refractivity contribution in [2.45, 2.75) is 20.8 Å². The van der Waals surface area contributed by atoms with Gasteiger partial charge in [-0.2, -0.15) is 4.28 Å². The molecule has 0 aromatic heterocycles. The fourth-order valence-electron chi connectivity index (χ4n) is 1.07. The van der Waals surface area contributed by atoms with Gasteiger partial charge in [-0.3, -0.25) is 0 Å². The number of hydrogen-bond donors (Lipinski definition) is 0. The van der Waals surface area contributed by atoms with Crippen LogP contribution in [-0.4, -0.2) is 11.3 Å². The zero-order chi connectivity index (χ0) is 7.72. The highest BCUT2D eigenvalue weighted by atomic mass is 32.2. The van der Waals surface area contributed by atoms with Crippen LogP contribution >= 0.6 is 12.0 Å². The second-order valence-corrected chi connectivity index (χ2v) is 3.14. The van der Waals surface area contributed by atoms with Crippen molar-refractivity contribution >= 4 is 12.0 Å². The van der Waals surface area contributed by atoms with E-state index in [1.165, 1.54) is 23.4 Å². The molecule has 0 spiro atoms. The lowest BCUT2D eigenvalue weighted by atomic mass is 10.2. The van der Waals surface area contributed by atoms with Gasteiger partial charge in [0, 0.05) is 18.3 Å². The zero-order valence-electron chi connectivity index (χ0n) is 6.84. The zero-order valence-corrected chi connectivity index (χ0v) is 7.66. The quantitative estimate of drug-likeness (QED) is 0.587. The van der Waals surface area contributed by atoms with Crippen molar-refractivity contribution in [2.75, 3.05) is 6.26 Å². The Morgan fingerprint density at radius 2 is 2.10 bits per heavy atom. The van der Waals surface area contributed by atoms with E-state index in [1.54, 1.807) is 0 Å². The monoisotopic (exact) mass is 159 g/mol. The largest absolute Gasteiger partial charge is 0.214 e. The summed E-state index contributed by atoms with van der Waals surface area (Å²) in [5.41, 5.74) is 2.60. The van der Waals surface area contributed by atoms with Crippen molar-refractivity contribution in [1.29, 1.82) is 0 Å². The topological polar surface area (TPSA) is 12.2 Å². The summed E-state index contributed by atoms with van der Waals surface area (Å²) in [6.07, 6.45) is 1.92. The van der Waals surface area contributed by atoms with Crippen molar-refractivity contribution in [2.24, 2.45) is 5.92 Å². The highest BCUT2D eigenvalue weighted by Crippen LogP contribution is 2.38. The van der Waals surface area contributed by atoms with Gasteiger partial charge in [-0.15, -0.1) is 0 Å². The van der Waals surface area contributed by atoms with Crippen LogP contribution in [0.3, 0.4) is 0 Å². The van der Waals surface area contributed by atoms with E-state index in [0.29, 0.717) is 5.92 Å². The molecule has 1 heterocycles. The number of rotatable bonds is 3. The fraction of sp³-hybridized carbons (Fsp3) is 0.714. The van der Waals surface area contributed by atoms with Crippen LogP contribution in [0.1, 0.15) is 20.8 Å². The van der Waals surface area contributed by atoms with E-state index in [0.717, 1.165) is 0 Å². The van der Waals surface area contributed by atoms with Gasteiger partial charge in [0.25, 0.3) is 0 Å². The number of allylic oxidation sites excluding steroid dienone is 2. The van der Waals surface area contributed by atoms with Crippen LogP contribution < -0.4 is 0 Å². The Morgan fingerprint density at radius 3 is 2.40 bits per heavy atom. The third-order valence-electron chi connectivity index (χ3n) is 1.54. The molecule has 58 valence electrons. The number of hydrogen-bond acceptors (Lipinski definition) is 3. The minimum atomic E-state index is 0.590. The summed E-state index contributed by atoms with van der Waals surface area (Å²) in [4.78, 5) is 0. The lowest BCUT2D eigenvalue weighted by Gasteiger charge is -2.04. The minimum Gasteiger partial charge on any atom is -0.214 e. The summed E-state index contributed by atoms with van der Waals surface area (Å²) in [7, 11) is 0. The number of hydroxylamine groups is 2. The lowest BCUT2D eigenvalue weighted by molar-refractivity contribution is 0.0986. The predicted molar refractivity (Wildman–Crippen MR) is 44.0 cm³/mol. The Hall–Kier alpha value is -0.150. The van der Waals surface area contributed by atoms with Crippen LogP contribution in [0.25, 0.3) is 0 Å². The predicted octanol–water partition coefficient (Wildman–Crippen LogP) is 2.40. The molecular weight excluding hydrogens is 146 g/mol. The van der Waals surface area contributed by atoms with Gasteiger partial charge in [-0.1, -0.05) is 13.8 Å². The summed E-state index contributed by atoms with van der Waals surface area (Å²) in [5, 5.41) is 1.88. The highest BCUT2D eigenvalue weighted by Gasteiger charge is 2.32. The maximum absolute atomic E-state index is 5.21. The van der Waals surface area contributed by atoms with E-state index in [1.807, 2.05) is 11.3 Å². The summed E-state index contributed by atoms with van der Waals surface area (Å²) in [5.74, 6) is 0.590. The van der Waals surface area contributed by atoms with Gasteiger partial charge in [-0.25, -0.2) is 5.06 Å². The van der Waals surface area contributed by atoms with E-state index >= 15 is 0 Å². The molecule has 3 heteroatoms. The molecule has 0 atom stereocenters. The molecule has 1 aliphatic heterocycles. The molecule has 0 aromatic rings. The second-order valence-electron chi connectivity index (χ2n) is 2.66. The Balaban J connectivity index is 2.36. The molecule has 0 aliphatic carbocycles. The van der Waals surface area contributed by atoms with Crippen molar-refractivity contribution in [3.63, 3.8) is 0 Å². The first-order chi connectivity index (χ1) is 4.68. The molecule has 0 saturated heterocycles. The van der Waals surface area contributed by atoms with E-state index in [-0.39, 0.29) is 0 Å². The standard InChI is InChI=1S/C7H13NOS/c1-5(2)7-6(3)8(7)9-10-4/h5H,1-4H3. The van der Waals surface area contributed by atoms with Crippen LogP contribution in [-0.2, 0) is 4.28 Å². The van der Waals surface area contributed by atoms with Crippen LogP contribution in [0.15, 0.2) is 11.4 Å². The summed E-state index contributed by atoms with van der Waals surface area (Å²) < 4.78 is 5.21. The SMILES string of the molecule is CSON1C(C)=C1C(C)C. The highest BCUT2D eigenvalue weighted by molar-refractivity contribution is 7.93. The number of nitrogens with zero attached hydrogens (tertiary/aromatic N) is 1. The first-order valence-corrected chi connectivity index (χ1v) is 4.55. The molecule has 0 unspecified atom stereocenters. The van der Waals surface area contributed by atoms with E-state index in [4.69, 9.17) is 4.28 Å². The first-order valence-electron chi connectivity index (χ1n) is 3.40. The second kappa shape index (κ2) is 2.84.